The SMILES string of the molecule is Cc1ccc(-c2nnc(SC[C@@H](C)C#N)n2C)cc1. The van der Waals surface area contributed by atoms with Gasteiger partial charge in [0.1, 0.15) is 0 Å². The van der Waals surface area contributed by atoms with Crippen molar-refractivity contribution in [2.75, 3.05) is 5.75 Å². The summed E-state index contributed by atoms with van der Waals surface area (Å²) in [5.41, 5.74) is 2.28. The zero-order valence-corrected chi connectivity index (χ0v) is 12.1. The van der Waals surface area contributed by atoms with Crippen LogP contribution in [0.25, 0.3) is 11.4 Å². The van der Waals surface area contributed by atoms with Crippen LogP contribution in [0.4, 0.5) is 0 Å². The molecule has 0 aliphatic heterocycles. The summed E-state index contributed by atoms with van der Waals surface area (Å²) in [6, 6.07) is 10.4. The van der Waals surface area contributed by atoms with Gasteiger partial charge >= 0.3 is 0 Å². The van der Waals surface area contributed by atoms with Crippen LogP contribution in [0.5, 0.6) is 0 Å². The summed E-state index contributed by atoms with van der Waals surface area (Å²) in [5.74, 6) is 1.60. The van der Waals surface area contributed by atoms with Crippen molar-refractivity contribution in [1.29, 1.82) is 5.26 Å². The van der Waals surface area contributed by atoms with Crippen molar-refractivity contribution < 1.29 is 0 Å². The molecule has 1 heterocycles. The third-order valence-corrected chi connectivity index (χ3v) is 4.11. The third-order valence-electron chi connectivity index (χ3n) is 2.83. The van der Waals surface area contributed by atoms with Gasteiger partial charge in [-0.1, -0.05) is 41.6 Å². The molecule has 1 atom stereocenters. The Kier molecular flexibility index (Phi) is 4.23. The van der Waals surface area contributed by atoms with E-state index in [2.05, 4.69) is 35.3 Å². The second kappa shape index (κ2) is 5.89. The number of aromatic nitrogens is 3. The van der Waals surface area contributed by atoms with Crippen molar-refractivity contribution in [3.8, 4) is 17.5 Å². The first-order chi connectivity index (χ1) is 9.11. The number of nitriles is 1. The van der Waals surface area contributed by atoms with Crippen LogP contribution in [0.3, 0.4) is 0 Å². The minimum absolute atomic E-state index is 0.0181. The summed E-state index contributed by atoms with van der Waals surface area (Å²) in [6.45, 7) is 3.97. The molecule has 1 aromatic carbocycles. The number of aryl methyl sites for hydroxylation is 1. The van der Waals surface area contributed by atoms with E-state index in [1.165, 1.54) is 5.56 Å². The van der Waals surface area contributed by atoms with E-state index in [1.54, 1.807) is 11.8 Å². The number of rotatable bonds is 4. The normalized spacial score (nSPS) is 12.1. The highest BCUT2D eigenvalue weighted by Crippen LogP contribution is 2.24. The number of thioether (sulfide) groups is 1. The van der Waals surface area contributed by atoms with Crippen molar-refractivity contribution in [3.63, 3.8) is 0 Å². The van der Waals surface area contributed by atoms with Gasteiger partial charge < -0.3 is 4.57 Å². The summed E-state index contributed by atoms with van der Waals surface area (Å²) in [6.07, 6.45) is 0. The number of nitrogens with zero attached hydrogens (tertiary/aromatic N) is 4. The fourth-order valence-electron chi connectivity index (χ4n) is 1.63. The van der Waals surface area contributed by atoms with Crippen molar-refractivity contribution in [2.45, 2.75) is 19.0 Å². The van der Waals surface area contributed by atoms with Crippen LogP contribution in [0.1, 0.15) is 12.5 Å². The molecule has 0 aliphatic rings. The lowest BCUT2D eigenvalue weighted by molar-refractivity contribution is 0.786. The monoisotopic (exact) mass is 272 g/mol. The Morgan fingerprint density at radius 3 is 2.63 bits per heavy atom. The maximum absolute atomic E-state index is 8.79. The minimum Gasteiger partial charge on any atom is -0.305 e. The van der Waals surface area contributed by atoms with E-state index in [0.717, 1.165) is 22.3 Å². The molecule has 0 fully saturated rings. The van der Waals surface area contributed by atoms with Crippen molar-refractivity contribution in [3.05, 3.63) is 29.8 Å². The number of hydrogen-bond donors (Lipinski definition) is 0. The largest absolute Gasteiger partial charge is 0.305 e. The number of hydrogen-bond acceptors (Lipinski definition) is 4. The molecule has 1 aromatic heterocycles. The predicted octanol–water partition coefficient (Wildman–Crippen LogP) is 3.04. The Labute approximate surface area is 117 Å². The van der Waals surface area contributed by atoms with Gasteiger partial charge in [0.2, 0.25) is 0 Å². The van der Waals surface area contributed by atoms with E-state index in [-0.39, 0.29) is 5.92 Å². The highest BCUT2D eigenvalue weighted by atomic mass is 32.2. The standard InChI is InChI=1S/C14H16N4S/c1-10-4-6-12(7-5-10)13-16-17-14(18(13)3)19-9-11(2)8-15/h4-7,11H,9H2,1-3H3/t11-/m0/s1. The zero-order valence-electron chi connectivity index (χ0n) is 11.3. The molecule has 98 valence electrons. The van der Waals surface area contributed by atoms with E-state index in [4.69, 9.17) is 5.26 Å². The van der Waals surface area contributed by atoms with E-state index in [9.17, 15) is 0 Å². The van der Waals surface area contributed by atoms with E-state index in [1.807, 2.05) is 30.7 Å². The molecule has 4 nitrogen and oxygen atoms in total. The first-order valence-corrected chi connectivity index (χ1v) is 7.09. The lowest BCUT2D eigenvalue weighted by atomic mass is 10.1. The highest BCUT2D eigenvalue weighted by molar-refractivity contribution is 7.99. The minimum atomic E-state index is 0.0181. The van der Waals surface area contributed by atoms with Gasteiger partial charge in [0.25, 0.3) is 0 Å². The Morgan fingerprint density at radius 1 is 1.32 bits per heavy atom. The van der Waals surface area contributed by atoms with Gasteiger partial charge in [-0.3, -0.25) is 0 Å². The molecule has 0 radical (unpaired) electrons. The quantitative estimate of drug-likeness (QED) is 0.803. The van der Waals surface area contributed by atoms with Gasteiger partial charge in [0, 0.05) is 18.4 Å². The third kappa shape index (κ3) is 3.15. The number of benzene rings is 1. The second-order valence-electron chi connectivity index (χ2n) is 4.57. The Bertz CT molecular complexity index is 595. The molecule has 0 N–H and O–H groups in total. The molecule has 0 saturated carbocycles. The lowest BCUT2D eigenvalue weighted by Crippen LogP contribution is -1.98. The Balaban J connectivity index is 2.18. The molecule has 5 heteroatoms. The van der Waals surface area contributed by atoms with Crippen LogP contribution in [0.15, 0.2) is 29.4 Å². The summed E-state index contributed by atoms with van der Waals surface area (Å²) in [4.78, 5) is 0. The van der Waals surface area contributed by atoms with Crippen LogP contribution in [0, 0.1) is 24.2 Å². The van der Waals surface area contributed by atoms with Crippen LogP contribution < -0.4 is 0 Å². The van der Waals surface area contributed by atoms with Gasteiger partial charge in [-0.2, -0.15) is 5.26 Å². The smallest absolute Gasteiger partial charge is 0.191 e. The molecule has 0 bridgehead atoms. The Hall–Kier alpha value is -1.80. The summed E-state index contributed by atoms with van der Waals surface area (Å²) >= 11 is 1.57. The van der Waals surface area contributed by atoms with E-state index >= 15 is 0 Å². The molecule has 0 saturated heterocycles. The average molecular weight is 272 g/mol. The molecule has 0 amide bonds. The van der Waals surface area contributed by atoms with Crippen LogP contribution >= 0.6 is 11.8 Å². The fourth-order valence-corrected chi connectivity index (χ4v) is 2.48. The van der Waals surface area contributed by atoms with Crippen LogP contribution in [-0.2, 0) is 7.05 Å². The highest BCUT2D eigenvalue weighted by Gasteiger charge is 2.12. The maximum Gasteiger partial charge on any atom is 0.191 e. The average Bonchev–Trinajstić information content (AvgIpc) is 2.78. The fraction of sp³-hybridized carbons (Fsp3) is 0.357. The summed E-state index contributed by atoms with van der Waals surface area (Å²) < 4.78 is 1.97. The molecule has 2 aromatic rings. The summed E-state index contributed by atoms with van der Waals surface area (Å²) in [5, 5.41) is 18.0. The zero-order chi connectivity index (χ0) is 13.8. The van der Waals surface area contributed by atoms with Crippen molar-refractivity contribution >= 4 is 11.8 Å². The Morgan fingerprint density at radius 2 is 2.00 bits per heavy atom. The van der Waals surface area contributed by atoms with Gasteiger partial charge in [-0.25, -0.2) is 0 Å². The van der Waals surface area contributed by atoms with Gasteiger partial charge in [-0.15, -0.1) is 10.2 Å². The van der Waals surface area contributed by atoms with Gasteiger partial charge in [-0.05, 0) is 13.8 Å². The summed E-state index contributed by atoms with van der Waals surface area (Å²) in [7, 11) is 1.95. The second-order valence-corrected chi connectivity index (χ2v) is 5.56. The van der Waals surface area contributed by atoms with Gasteiger partial charge in [0.15, 0.2) is 11.0 Å². The molecule has 19 heavy (non-hydrogen) atoms. The molecule has 2 rings (SSSR count). The topological polar surface area (TPSA) is 54.5 Å². The van der Waals surface area contributed by atoms with Crippen molar-refractivity contribution in [2.24, 2.45) is 13.0 Å². The molecule has 0 aliphatic carbocycles. The van der Waals surface area contributed by atoms with Crippen molar-refractivity contribution in [1.82, 2.24) is 14.8 Å². The maximum atomic E-state index is 8.79. The van der Waals surface area contributed by atoms with Crippen LogP contribution in [-0.4, -0.2) is 20.5 Å². The van der Waals surface area contributed by atoms with Crippen LogP contribution in [0.2, 0.25) is 0 Å². The molecule has 0 spiro atoms. The predicted molar refractivity (Wildman–Crippen MR) is 76.7 cm³/mol. The molecular formula is C14H16N4S. The molecular weight excluding hydrogens is 256 g/mol. The lowest BCUT2D eigenvalue weighted by Gasteiger charge is -2.04. The van der Waals surface area contributed by atoms with Gasteiger partial charge in [0.05, 0.1) is 12.0 Å². The van der Waals surface area contributed by atoms with E-state index in [0.29, 0.717) is 0 Å². The first kappa shape index (κ1) is 13.6. The van der Waals surface area contributed by atoms with E-state index < -0.39 is 0 Å². The first-order valence-electron chi connectivity index (χ1n) is 6.10. The molecule has 0 unspecified atom stereocenters.